The number of hydrogen-bond acceptors (Lipinski definition) is 6. The van der Waals surface area contributed by atoms with Crippen LogP contribution >= 0.6 is 24.0 Å². The molecule has 0 fully saturated rings. The van der Waals surface area contributed by atoms with Crippen molar-refractivity contribution in [1.29, 1.82) is 5.41 Å². The van der Waals surface area contributed by atoms with Crippen LogP contribution in [0.25, 0.3) is 0 Å². The highest BCUT2D eigenvalue weighted by Gasteiger charge is 2.18. The Bertz CT molecular complexity index is 1300. The summed E-state index contributed by atoms with van der Waals surface area (Å²) in [5, 5.41) is 10.4. The van der Waals surface area contributed by atoms with Crippen LogP contribution in [-0.4, -0.2) is 30.3 Å². The van der Waals surface area contributed by atoms with Gasteiger partial charge in [0.25, 0.3) is 5.56 Å². The molecule has 3 rings (SSSR count). The molecule has 3 aromatic rings. The molecule has 9 nitrogen and oxygen atoms in total. The predicted molar refractivity (Wildman–Crippen MR) is 137 cm³/mol. The summed E-state index contributed by atoms with van der Waals surface area (Å²) in [4.78, 5) is 17.0. The second-order valence-electron chi connectivity index (χ2n) is 7.41. The zero-order valence-corrected chi connectivity index (χ0v) is 20.8. The van der Waals surface area contributed by atoms with E-state index in [2.05, 4.69) is 15.0 Å². The minimum absolute atomic E-state index is 0. The Balaban J connectivity index is 0.00000408. The molecule has 1 heterocycles. The van der Waals surface area contributed by atoms with Crippen LogP contribution in [0.3, 0.4) is 0 Å². The Hall–Kier alpha value is -2.92. The minimum Gasteiger partial charge on any atom is -0.384 e. The summed E-state index contributed by atoms with van der Waals surface area (Å²) in [5.74, 6) is -0.671. The highest BCUT2D eigenvalue weighted by atomic mass is 35.5. The van der Waals surface area contributed by atoms with Gasteiger partial charge in [0.1, 0.15) is 11.7 Å². The van der Waals surface area contributed by atoms with Crippen molar-refractivity contribution in [2.24, 2.45) is 5.73 Å². The monoisotopic (exact) mass is 524 g/mol. The molecule has 0 atom stereocenters. The summed E-state index contributed by atoms with van der Waals surface area (Å²) in [7, 11) is -3.87. The van der Waals surface area contributed by atoms with Crippen LogP contribution in [0.15, 0.2) is 59.4 Å². The van der Waals surface area contributed by atoms with E-state index in [-0.39, 0.29) is 41.5 Å². The maximum atomic E-state index is 12.9. The molecule has 0 aliphatic rings. The van der Waals surface area contributed by atoms with Crippen LogP contribution < -0.4 is 21.3 Å². The van der Waals surface area contributed by atoms with Crippen LogP contribution in [0.5, 0.6) is 0 Å². The number of halogens is 2. The number of hydrogen-bond donors (Lipinski definition) is 4. The van der Waals surface area contributed by atoms with Gasteiger partial charge < -0.3 is 11.1 Å². The third-order valence-electron chi connectivity index (χ3n) is 4.97. The van der Waals surface area contributed by atoms with Crippen molar-refractivity contribution in [1.82, 2.24) is 14.3 Å². The van der Waals surface area contributed by atoms with Gasteiger partial charge in [-0.15, -0.1) is 12.4 Å². The lowest BCUT2D eigenvalue weighted by atomic mass is 10.1. The molecule has 0 aliphatic heterocycles. The van der Waals surface area contributed by atoms with Gasteiger partial charge in [-0.25, -0.2) is 18.1 Å². The third-order valence-corrected chi connectivity index (χ3v) is 6.51. The Morgan fingerprint density at radius 3 is 2.38 bits per heavy atom. The minimum atomic E-state index is -3.87. The number of nitrogen functional groups attached to an aromatic ring is 1. The first-order valence-corrected chi connectivity index (χ1v) is 12.1. The van der Waals surface area contributed by atoms with E-state index in [0.29, 0.717) is 24.1 Å². The molecule has 182 valence electrons. The molecule has 0 radical (unpaired) electrons. The van der Waals surface area contributed by atoms with Crippen LogP contribution in [0.4, 0.5) is 5.82 Å². The summed E-state index contributed by atoms with van der Waals surface area (Å²) in [5.41, 5.74) is 7.43. The molecule has 2 aromatic carbocycles. The standard InChI is InChI=1S/C22H25ClN6O3S.ClH/c1-15-19(23)28-21(26-12-11-16-5-3-2-4-6-16)22(30)29(15)14-33(31,32)27-13-17-7-9-18(10-8-17)20(24)25;/h2-10,27H,11-14H2,1H3,(H3,24,25)(H,26,28);1H. The molecule has 1 aromatic heterocycles. The number of nitrogens with two attached hydrogens (primary N) is 1. The maximum absolute atomic E-state index is 12.9. The van der Waals surface area contributed by atoms with E-state index in [0.717, 1.165) is 10.1 Å². The summed E-state index contributed by atoms with van der Waals surface area (Å²) >= 11 is 6.18. The molecule has 0 amide bonds. The molecular weight excluding hydrogens is 499 g/mol. The Morgan fingerprint density at radius 2 is 1.76 bits per heavy atom. The van der Waals surface area contributed by atoms with Crippen molar-refractivity contribution in [2.45, 2.75) is 25.8 Å². The lowest BCUT2D eigenvalue weighted by molar-refractivity contribution is 0.564. The summed E-state index contributed by atoms with van der Waals surface area (Å²) in [6, 6.07) is 16.4. The van der Waals surface area contributed by atoms with Gasteiger partial charge in [0, 0.05) is 18.7 Å². The lowest BCUT2D eigenvalue weighted by Crippen LogP contribution is -2.35. The van der Waals surface area contributed by atoms with Crippen molar-refractivity contribution in [3.63, 3.8) is 0 Å². The quantitative estimate of drug-likeness (QED) is 0.237. The number of anilines is 1. The molecule has 0 saturated heterocycles. The van der Waals surface area contributed by atoms with Gasteiger partial charge in [-0.05, 0) is 24.5 Å². The van der Waals surface area contributed by atoms with Crippen LogP contribution in [0, 0.1) is 12.3 Å². The fourth-order valence-electron chi connectivity index (χ4n) is 3.07. The van der Waals surface area contributed by atoms with Gasteiger partial charge in [0.2, 0.25) is 10.0 Å². The number of sulfonamides is 1. The van der Waals surface area contributed by atoms with E-state index in [1.165, 1.54) is 0 Å². The largest absolute Gasteiger partial charge is 0.384 e. The average molecular weight is 525 g/mol. The molecule has 0 spiro atoms. The number of aromatic nitrogens is 2. The smallest absolute Gasteiger partial charge is 0.294 e. The molecule has 0 saturated carbocycles. The summed E-state index contributed by atoms with van der Waals surface area (Å²) < 4.78 is 28.9. The fourth-order valence-corrected chi connectivity index (χ4v) is 4.39. The van der Waals surface area contributed by atoms with E-state index in [9.17, 15) is 13.2 Å². The molecule has 12 heteroatoms. The van der Waals surface area contributed by atoms with Crippen LogP contribution in [0.2, 0.25) is 5.15 Å². The molecular formula is C22H26Cl2N6O3S. The average Bonchev–Trinajstić information content (AvgIpc) is 2.80. The first-order valence-electron chi connectivity index (χ1n) is 10.1. The number of nitrogens with zero attached hydrogens (tertiary/aromatic N) is 2. The first kappa shape index (κ1) is 27.3. The van der Waals surface area contributed by atoms with Crippen molar-refractivity contribution in [2.75, 3.05) is 11.9 Å². The number of benzene rings is 2. The van der Waals surface area contributed by atoms with Gasteiger partial charge in [0.05, 0.1) is 5.69 Å². The van der Waals surface area contributed by atoms with Crippen LogP contribution in [-0.2, 0) is 28.9 Å². The Labute approximate surface area is 209 Å². The summed E-state index contributed by atoms with van der Waals surface area (Å²) in [6.07, 6.45) is 0.662. The second kappa shape index (κ2) is 12.0. The zero-order chi connectivity index (χ0) is 24.0. The van der Waals surface area contributed by atoms with Gasteiger partial charge >= 0.3 is 0 Å². The number of amidine groups is 1. The first-order chi connectivity index (χ1) is 15.7. The van der Waals surface area contributed by atoms with E-state index >= 15 is 0 Å². The van der Waals surface area contributed by atoms with Crippen molar-refractivity contribution >= 4 is 45.7 Å². The van der Waals surface area contributed by atoms with Gasteiger partial charge in [-0.1, -0.05) is 66.2 Å². The van der Waals surface area contributed by atoms with Gasteiger partial charge in [-0.3, -0.25) is 14.8 Å². The fraction of sp³-hybridized carbons (Fsp3) is 0.227. The Kier molecular flexibility index (Phi) is 9.63. The van der Waals surface area contributed by atoms with E-state index in [1.807, 2.05) is 30.3 Å². The van der Waals surface area contributed by atoms with Gasteiger partial charge in [0.15, 0.2) is 11.0 Å². The normalized spacial score (nSPS) is 11.0. The SMILES string of the molecule is Cc1c(Cl)nc(NCCc2ccccc2)c(=O)n1CS(=O)(=O)NCc1ccc(C(=N)N)cc1.Cl. The lowest BCUT2D eigenvalue weighted by Gasteiger charge is -2.15. The van der Waals surface area contributed by atoms with Crippen molar-refractivity contribution in [3.8, 4) is 0 Å². The number of rotatable bonds is 10. The molecule has 34 heavy (non-hydrogen) atoms. The predicted octanol–water partition coefficient (Wildman–Crippen LogP) is 2.64. The highest BCUT2D eigenvalue weighted by molar-refractivity contribution is 7.88. The van der Waals surface area contributed by atoms with Crippen molar-refractivity contribution in [3.05, 3.63) is 92.5 Å². The van der Waals surface area contributed by atoms with Crippen molar-refractivity contribution < 1.29 is 8.42 Å². The molecule has 0 aliphatic carbocycles. The topological polar surface area (TPSA) is 143 Å². The van der Waals surface area contributed by atoms with E-state index in [1.54, 1.807) is 31.2 Å². The van der Waals surface area contributed by atoms with E-state index in [4.69, 9.17) is 22.7 Å². The molecule has 5 N–H and O–H groups in total. The third kappa shape index (κ3) is 7.29. The number of nitrogens with one attached hydrogen (secondary N) is 3. The van der Waals surface area contributed by atoms with Crippen LogP contribution in [0.1, 0.15) is 22.4 Å². The summed E-state index contributed by atoms with van der Waals surface area (Å²) in [6.45, 7) is 2.00. The second-order valence-corrected chi connectivity index (χ2v) is 9.54. The highest BCUT2D eigenvalue weighted by Crippen LogP contribution is 2.14. The van der Waals surface area contributed by atoms with E-state index < -0.39 is 21.5 Å². The zero-order valence-electron chi connectivity index (χ0n) is 18.4. The molecule has 0 unspecified atom stereocenters. The van der Waals surface area contributed by atoms with Gasteiger partial charge in [-0.2, -0.15) is 0 Å². The maximum Gasteiger partial charge on any atom is 0.294 e. The Morgan fingerprint density at radius 1 is 1.12 bits per heavy atom. The molecule has 0 bridgehead atoms.